The van der Waals surface area contributed by atoms with Gasteiger partial charge in [0, 0.05) is 24.9 Å². The van der Waals surface area contributed by atoms with Crippen LogP contribution in [0.1, 0.15) is 22.1 Å². The normalized spacial score (nSPS) is 15.8. The molecule has 0 bridgehead atoms. The Balaban J connectivity index is 1.36. The van der Waals surface area contributed by atoms with Crippen molar-refractivity contribution in [2.24, 2.45) is 12.0 Å². The van der Waals surface area contributed by atoms with Gasteiger partial charge in [-0.05, 0) is 36.4 Å². The summed E-state index contributed by atoms with van der Waals surface area (Å²) in [5, 5.41) is 17.3. The number of guanidine groups is 1. The van der Waals surface area contributed by atoms with Crippen LogP contribution in [-0.2, 0) is 26.4 Å². The minimum atomic E-state index is 0.105. The molecule has 0 spiro atoms. The van der Waals surface area contributed by atoms with Crippen LogP contribution in [0.3, 0.4) is 0 Å². The number of hydrogen-bond donors (Lipinski definition) is 2. The maximum Gasteiger partial charge on any atom is 0.191 e. The Morgan fingerprint density at radius 1 is 1.24 bits per heavy atom. The van der Waals surface area contributed by atoms with E-state index in [-0.39, 0.29) is 6.10 Å². The molecule has 0 radical (unpaired) electrons. The van der Waals surface area contributed by atoms with E-state index >= 15 is 0 Å². The zero-order valence-corrected chi connectivity index (χ0v) is 17.6. The van der Waals surface area contributed by atoms with Gasteiger partial charge in [-0.15, -0.1) is 21.5 Å². The fourth-order valence-corrected chi connectivity index (χ4v) is 3.96. The molecular formula is C21H26N6OS. The van der Waals surface area contributed by atoms with Gasteiger partial charge in [0.1, 0.15) is 24.2 Å². The van der Waals surface area contributed by atoms with E-state index in [0.717, 1.165) is 42.7 Å². The molecule has 3 heterocycles. The van der Waals surface area contributed by atoms with Gasteiger partial charge in [0.25, 0.3) is 0 Å². The molecule has 0 amide bonds. The highest BCUT2D eigenvalue weighted by atomic mass is 32.1. The fourth-order valence-electron chi connectivity index (χ4n) is 3.25. The number of thiophene rings is 1. The van der Waals surface area contributed by atoms with Crippen LogP contribution in [-0.4, -0.2) is 39.9 Å². The van der Waals surface area contributed by atoms with Crippen molar-refractivity contribution in [3.05, 3.63) is 63.9 Å². The molecule has 8 heteroatoms. The summed E-state index contributed by atoms with van der Waals surface area (Å²) in [7, 11) is 1.96. The first-order chi connectivity index (χ1) is 14.2. The van der Waals surface area contributed by atoms with Gasteiger partial charge < -0.3 is 19.9 Å². The number of para-hydroxylation sites is 1. The zero-order chi connectivity index (χ0) is 20.1. The van der Waals surface area contributed by atoms with Gasteiger partial charge in [-0.1, -0.05) is 24.3 Å². The Labute approximate surface area is 174 Å². The van der Waals surface area contributed by atoms with Crippen LogP contribution in [0.15, 0.2) is 46.8 Å². The third kappa shape index (κ3) is 4.95. The van der Waals surface area contributed by atoms with Crippen molar-refractivity contribution in [2.75, 3.05) is 13.1 Å². The SMILES string of the molecule is Cc1nnc(CN=C(NCCc2cccs2)NCC2Cc3ccccc3O2)n1C. The summed E-state index contributed by atoms with van der Waals surface area (Å²) in [4.78, 5) is 6.07. The highest BCUT2D eigenvalue weighted by molar-refractivity contribution is 7.09. The molecule has 1 aliphatic heterocycles. The number of nitrogens with zero attached hydrogens (tertiary/aromatic N) is 4. The van der Waals surface area contributed by atoms with Crippen LogP contribution < -0.4 is 15.4 Å². The molecule has 0 fully saturated rings. The van der Waals surface area contributed by atoms with E-state index in [1.165, 1.54) is 10.4 Å². The standard InChI is InChI=1S/C21H26N6OS/c1-15-25-26-20(27(15)2)14-24-21(22-10-9-18-7-5-11-29-18)23-13-17-12-16-6-3-4-8-19(16)28-17/h3-8,11,17H,9-10,12-14H2,1-2H3,(H2,22,23,24). The molecule has 29 heavy (non-hydrogen) atoms. The molecule has 1 aromatic carbocycles. The van der Waals surface area contributed by atoms with Crippen LogP contribution in [0.25, 0.3) is 0 Å². The molecule has 3 aromatic rings. The number of benzene rings is 1. The van der Waals surface area contributed by atoms with Crippen molar-refractivity contribution in [1.29, 1.82) is 0 Å². The Morgan fingerprint density at radius 3 is 2.90 bits per heavy atom. The summed E-state index contributed by atoms with van der Waals surface area (Å²) in [6.45, 7) is 3.92. The topological polar surface area (TPSA) is 76.4 Å². The first-order valence-corrected chi connectivity index (χ1v) is 10.7. The average molecular weight is 411 g/mol. The van der Waals surface area contributed by atoms with Crippen LogP contribution in [0.4, 0.5) is 0 Å². The number of aromatic nitrogens is 3. The first kappa shape index (κ1) is 19.4. The second kappa shape index (κ2) is 9.09. The number of rotatable bonds is 7. The molecule has 2 N–H and O–H groups in total. The monoisotopic (exact) mass is 410 g/mol. The molecule has 2 aromatic heterocycles. The number of ether oxygens (including phenoxy) is 1. The summed E-state index contributed by atoms with van der Waals surface area (Å²) in [5.41, 5.74) is 1.26. The molecule has 0 saturated heterocycles. The number of aliphatic imine (C=N–C) groups is 1. The summed E-state index contributed by atoms with van der Waals surface area (Å²) >= 11 is 1.77. The second-order valence-electron chi connectivity index (χ2n) is 7.08. The van der Waals surface area contributed by atoms with E-state index in [0.29, 0.717) is 13.1 Å². The molecule has 1 unspecified atom stereocenters. The smallest absolute Gasteiger partial charge is 0.191 e. The summed E-state index contributed by atoms with van der Waals surface area (Å²) in [6.07, 6.45) is 1.98. The van der Waals surface area contributed by atoms with Gasteiger partial charge in [0.15, 0.2) is 11.8 Å². The lowest BCUT2D eigenvalue weighted by Gasteiger charge is -2.16. The predicted octanol–water partition coefficient (Wildman–Crippen LogP) is 2.47. The molecule has 1 aliphatic rings. The van der Waals surface area contributed by atoms with Crippen molar-refractivity contribution in [1.82, 2.24) is 25.4 Å². The van der Waals surface area contributed by atoms with Gasteiger partial charge in [0.2, 0.25) is 0 Å². The molecule has 0 aliphatic carbocycles. The summed E-state index contributed by atoms with van der Waals surface area (Å²) in [5.74, 6) is 3.47. The van der Waals surface area contributed by atoms with E-state index < -0.39 is 0 Å². The van der Waals surface area contributed by atoms with Gasteiger partial charge in [0.05, 0.1) is 6.54 Å². The van der Waals surface area contributed by atoms with Gasteiger partial charge >= 0.3 is 0 Å². The number of hydrogen-bond acceptors (Lipinski definition) is 5. The van der Waals surface area contributed by atoms with E-state index in [2.05, 4.69) is 50.5 Å². The highest BCUT2D eigenvalue weighted by Crippen LogP contribution is 2.27. The van der Waals surface area contributed by atoms with Crippen molar-refractivity contribution in [3.63, 3.8) is 0 Å². The molecule has 1 atom stereocenters. The lowest BCUT2D eigenvalue weighted by atomic mass is 10.1. The third-order valence-corrected chi connectivity index (χ3v) is 5.95. The lowest BCUT2D eigenvalue weighted by Crippen LogP contribution is -2.43. The predicted molar refractivity (Wildman–Crippen MR) is 115 cm³/mol. The van der Waals surface area contributed by atoms with Crippen LogP contribution in [0, 0.1) is 6.92 Å². The Hall–Kier alpha value is -2.87. The Bertz CT molecular complexity index is 940. The minimum absolute atomic E-state index is 0.105. The highest BCUT2D eigenvalue weighted by Gasteiger charge is 2.22. The third-order valence-electron chi connectivity index (χ3n) is 5.02. The summed E-state index contributed by atoms with van der Waals surface area (Å²) < 4.78 is 8.00. The molecule has 4 rings (SSSR count). The number of nitrogens with one attached hydrogen (secondary N) is 2. The minimum Gasteiger partial charge on any atom is -0.488 e. The van der Waals surface area contributed by atoms with Crippen LogP contribution in [0.2, 0.25) is 0 Å². The quantitative estimate of drug-likeness (QED) is 0.462. The number of aryl methyl sites for hydroxylation is 1. The van der Waals surface area contributed by atoms with E-state index in [4.69, 9.17) is 9.73 Å². The average Bonchev–Trinajstić information content (AvgIpc) is 3.45. The first-order valence-electron chi connectivity index (χ1n) is 9.83. The van der Waals surface area contributed by atoms with Gasteiger partial charge in [-0.25, -0.2) is 4.99 Å². The maximum atomic E-state index is 6.04. The summed E-state index contributed by atoms with van der Waals surface area (Å²) in [6, 6.07) is 12.5. The molecule has 7 nitrogen and oxygen atoms in total. The van der Waals surface area contributed by atoms with Crippen molar-refractivity contribution < 1.29 is 4.74 Å². The number of fused-ring (bicyclic) bond motifs is 1. The van der Waals surface area contributed by atoms with Gasteiger partial charge in [-0.3, -0.25) is 0 Å². The Kier molecular flexibility index (Phi) is 6.09. The Morgan fingerprint density at radius 2 is 2.14 bits per heavy atom. The maximum absolute atomic E-state index is 6.04. The zero-order valence-electron chi connectivity index (χ0n) is 16.8. The van der Waals surface area contributed by atoms with Crippen molar-refractivity contribution in [2.45, 2.75) is 32.4 Å². The second-order valence-corrected chi connectivity index (χ2v) is 8.11. The van der Waals surface area contributed by atoms with Crippen LogP contribution >= 0.6 is 11.3 Å². The lowest BCUT2D eigenvalue weighted by molar-refractivity contribution is 0.235. The molecule has 0 saturated carbocycles. The largest absolute Gasteiger partial charge is 0.488 e. The van der Waals surface area contributed by atoms with E-state index in [9.17, 15) is 0 Å². The van der Waals surface area contributed by atoms with Crippen molar-refractivity contribution in [3.8, 4) is 5.75 Å². The molecule has 152 valence electrons. The van der Waals surface area contributed by atoms with E-state index in [1.807, 2.05) is 30.7 Å². The fraction of sp³-hybridized carbons (Fsp3) is 0.381. The van der Waals surface area contributed by atoms with Crippen LogP contribution in [0.5, 0.6) is 5.75 Å². The van der Waals surface area contributed by atoms with E-state index in [1.54, 1.807) is 11.3 Å². The van der Waals surface area contributed by atoms with Crippen molar-refractivity contribution >= 4 is 17.3 Å². The van der Waals surface area contributed by atoms with Gasteiger partial charge in [-0.2, -0.15) is 0 Å². The molecular weight excluding hydrogens is 384 g/mol.